The Morgan fingerprint density at radius 2 is 1.81 bits per heavy atom. The maximum absolute atomic E-state index is 12.5. The van der Waals surface area contributed by atoms with Gasteiger partial charge in [-0.1, -0.05) is 36.0 Å². The number of benzene rings is 3. The number of carbonyl (C=O) groups is 1. The Balaban J connectivity index is 1.50. The number of hydrogen-bond acceptors (Lipinski definition) is 6. The van der Waals surface area contributed by atoms with Gasteiger partial charge in [-0.3, -0.25) is 14.9 Å². The van der Waals surface area contributed by atoms with Gasteiger partial charge >= 0.3 is 0 Å². The van der Waals surface area contributed by atoms with Crippen LogP contribution in [0.25, 0.3) is 11.0 Å². The van der Waals surface area contributed by atoms with Gasteiger partial charge < -0.3 is 14.6 Å². The number of thioether (sulfide) groups is 1. The molecule has 1 N–H and O–H groups in total. The lowest BCUT2D eigenvalue weighted by atomic mass is 10.2. The van der Waals surface area contributed by atoms with Gasteiger partial charge in [-0.15, -0.1) is 0 Å². The molecule has 0 unspecified atom stereocenters. The molecule has 0 aliphatic carbocycles. The molecule has 0 bridgehead atoms. The van der Waals surface area contributed by atoms with Crippen molar-refractivity contribution in [2.24, 2.45) is 0 Å². The molecule has 1 aromatic heterocycles. The zero-order valence-corrected chi connectivity index (χ0v) is 18.0. The summed E-state index contributed by atoms with van der Waals surface area (Å²) in [6, 6.07) is 21.3. The van der Waals surface area contributed by atoms with Gasteiger partial charge in [-0.25, -0.2) is 4.98 Å². The first kappa shape index (κ1) is 21.4. The van der Waals surface area contributed by atoms with Crippen LogP contribution in [0.2, 0.25) is 0 Å². The van der Waals surface area contributed by atoms with Crippen LogP contribution in [0.1, 0.15) is 5.56 Å². The van der Waals surface area contributed by atoms with E-state index in [2.05, 4.69) is 10.3 Å². The Hall–Kier alpha value is -3.85. The van der Waals surface area contributed by atoms with Gasteiger partial charge in [0.25, 0.3) is 5.69 Å². The smallest absolute Gasteiger partial charge is 0.269 e. The highest BCUT2D eigenvalue weighted by molar-refractivity contribution is 7.99. The summed E-state index contributed by atoms with van der Waals surface area (Å²) in [5.74, 6) is 0.766. The molecule has 0 atom stereocenters. The fraction of sp³-hybridized carbons (Fsp3) is 0.130. The summed E-state index contributed by atoms with van der Waals surface area (Å²) in [5, 5.41) is 14.5. The number of para-hydroxylation sites is 2. The van der Waals surface area contributed by atoms with Crippen molar-refractivity contribution in [1.82, 2.24) is 9.55 Å². The molecule has 0 fully saturated rings. The number of hydrogen-bond donors (Lipinski definition) is 1. The lowest BCUT2D eigenvalue weighted by Crippen LogP contribution is -2.14. The number of aromatic nitrogens is 2. The van der Waals surface area contributed by atoms with Crippen molar-refractivity contribution in [3.05, 3.63) is 88.5 Å². The van der Waals surface area contributed by atoms with E-state index in [0.29, 0.717) is 17.4 Å². The highest BCUT2D eigenvalue weighted by Crippen LogP contribution is 2.26. The van der Waals surface area contributed by atoms with Gasteiger partial charge in [-0.05, 0) is 42.0 Å². The molecule has 4 aromatic rings. The topological polar surface area (TPSA) is 99.3 Å². The SMILES string of the molecule is COc1ccc(NC(=O)CSc2nc3ccccc3n2Cc2ccc([N+](=O)[O-])cc2)cc1. The fourth-order valence-corrected chi connectivity index (χ4v) is 4.04. The van der Waals surface area contributed by atoms with E-state index in [-0.39, 0.29) is 17.3 Å². The van der Waals surface area contributed by atoms with Crippen LogP contribution >= 0.6 is 11.8 Å². The van der Waals surface area contributed by atoms with E-state index in [0.717, 1.165) is 22.3 Å². The van der Waals surface area contributed by atoms with E-state index in [9.17, 15) is 14.9 Å². The van der Waals surface area contributed by atoms with Crippen LogP contribution in [-0.4, -0.2) is 33.2 Å². The standard InChI is InChI=1S/C23H20N4O4S/c1-31-19-12-8-17(9-13-19)24-22(28)15-32-23-25-20-4-2-3-5-21(20)26(23)14-16-6-10-18(11-7-16)27(29)30/h2-13H,14-15H2,1H3,(H,24,28). The maximum Gasteiger partial charge on any atom is 0.269 e. The summed E-state index contributed by atoms with van der Waals surface area (Å²) in [6.07, 6.45) is 0. The molecule has 0 aliphatic heterocycles. The number of fused-ring (bicyclic) bond motifs is 1. The predicted molar refractivity (Wildman–Crippen MR) is 124 cm³/mol. The van der Waals surface area contributed by atoms with Crippen LogP contribution < -0.4 is 10.1 Å². The fourth-order valence-electron chi connectivity index (χ4n) is 3.22. The van der Waals surface area contributed by atoms with Crippen molar-refractivity contribution in [2.45, 2.75) is 11.7 Å². The maximum atomic E-state index is 12.5. The molecule has 0 spiro atoms. The molecule has 4 rings (SSSR count). The number of rotatable bonds is 8. The van der Waals surface area contributed by atoms with Crippen molar-refractivity contribution in [3.8, 4) is 5.75 Å². The van der Waals surface area contributed by atoms with E-state index in [4.69, 9.17) is 4.74 Å². The number of nitro benzene ring substituents is 1. The minimum atomic E-state index is -0.418. The van der Waals surface area contributed by atoms with Crippen molar-refractivity contribution in [2.75, 3.05) is 18.2 Å². The van der Waals surface area contributed by atoms with Gasteiger partial charge in [0.1, 0.15) is 5.75 Å². The lowest BCUT2D eigenvalue weighted by molar-refractivity contribution is -0.384. The summed E-state index contributed by atoms with van der Waals surface area (Å²) in [6.45, 7) is 0.487. The molecule has 3 aromatic carbocycles. The number of nitro groups is 1. The summed E-state index contributed by atoms with van der Waals surface area (Å²) in [7, 11) is 1.59. The number of carbonyl (C=O) groups excluding carboxylic acids is 1. The Morgan fingerprint density at radius 3 is 2.50 bits per heavy atom. The zero-order valence-electron chi connectivity index (χ0n) is 17.2. The number of methoxy groups -OCH3 is 1. The van der Waals surface area contributed by atoms with Gasteiger partial charge in [0.2, 0.25) is 5.91 Å². The lowest BCUT2D eigenvalue weighted by Gasteiger charge is -2.10. The molecule has 0 saturated carbocycles. The van der Waals surface area contributed by atoms with E-state index in [1.54, 1.807) is 43.5 Å². The molecule has 1 heterocycles. The molecule has 1 amide bonds. The molecule has 8 nitrogen and oxygen atoms in total. The molecular weight excluding hydrogens is 428 g/mol. The first-order chi connectivity index (χ1) is 15.5. The van der Waals surface area contributed by atoms with Gasteiger partial charge in [0.05, 0.1) is 35.4 Å². The summed E-state index contributed by atoms with van der Waals surface area (Å²) in [5.41, 5.74) is 3.41. The highest BCUT2D eigenvalue weighted by atomic mass is 32.2. The normalized spacial score (nSPS) is 10.8. The Labute approximate surface area is 188 Å². The Bertz CT molecular complexity index is 1250. The first-order valence-corrected chi connectivity index (χ1v) is 10.8. The molecule has 9 heteroatoms. The second-order valence-corrected chi connectivity index (χ2v) is 7.90. The number of nitrogens with one attached hydrogen (secondary N) is 1. The molecule has 162 valence electrons. The van der Waals surface area contributed by atoms with Crippen LogP contribution in [0.3, 0.4) is 0 Å². The van der Waals surface area contributed by atoms with E-state index in [1.165, 1.54) is 23.9 Å². The van der Waals surface area contributed by atoms with Crippen molar-refractivity contribution in [1.29, 1.82) is 0 Å². The number of ether oxygens (including phenoxy) is 1. The average Bonchev–Trinajstić information content (AvgIpc) is 3.16. The quantitative estimate of drug-likeness (QED) is 0.238. The van der Waals surface area contributed by atoms with Crippen molar-refractivity contribution >= 4 is 40.1 Å². The number of non-ortho nitro benzene ring substituents is 1. The zero-order chi connectivity index (χ0) is 22.5. The Morgan fingerprint density at radius 1 is 1.09 bits per heavy atom. The second-order valence-electron chi connectivity index (χ2n) is 6.96. The number of nitrogens with zero attached hydrogens (tertiary/aromatic N) is 3. The van der Waals surface area contributed by atoms with E-state index >= 15 is 0 Å². The minimum Gasteiger partial charge on any atom is -0.497 e. The average molecular weight is 449 g/mol. The molecule has 32 heavy (non-hydrogen) atoms. The van der Waals surface area contributed by atoms with Crippen LogP contribution in [0.4, 0.5) is 11.4 Å². The van der Waals surface area contributed by atoms with Crippen molar-refractivity contribution in [3.63, 3.8) is 0 Å². The summed E-state index contributed by atoms with van der Waals surface area (Å²) < 4.78 is 7.14. The third-order valence-corrected chi connectivity index (χ3v) is 5.79. The molecule has 0 aliphatic rings. The third-order valence-electron chi connectivity index (χ3n) is 4.81. The molecule has 0 saturated heterocycles. The van der Waals surface area contributed by atoms with Gasteiger partial charge in [0.15, 0.2) is 5.16 Å². The van der Waals surface area contributed by atoms with E-state index < -0.39 is 4.92 Å². The Kier molecular flexibility index (Phi) is 6.37. The van der Waals surface area contributed by atoms with Crippen LogP contribution in [0.15, 0.2) is 78.0 Å². The number of amides is 1. The van der Waals surface area contributed by atoms with Crippen LogP contribution in [0.5, 0.6) is 5.75 Å². The summed E-state index contributed by atoms with van der Waals surface area (Å²) in [4.78, 5) is 27.6. The first-order valence-electron chi connectivity index (χ1n) is 9.79. The van der Waals surface area contributed by atoms with Crippen molar-refractivity contribution < 1.29 is 14.5 Å². The third kappa shape index (κ3) is 4.89. The monoisotopic (exact) mass is 448 g/mol. The predicted octanol–water partition coefficient (Wildman–Crippen LogP) is 4.73. The highest BCUT2D eigenvalue weighted by Gasteiger charge is 2.14. The summed E-state index contributed by atoms with van der Waals surface area (Å²) >= 11 is 1.34. The molecular formula is C23H20N4O4S. The number of anilines is 1. The van der Waals surface area contributed by atoms with E-state index in [1.807, 2.05) is 28.8 Å². The largest absolute Gasteiger partial charge is 0.497 e. The minimum absolute atomic E-state index is 0.0500. The van der Waals surface area contributed by atoms with Crippen LogP contribution in [0, 0.1) is 10.1 Å². The molecule has 0 radical (unpaired) electrons. The van der Waals surface area contributed by atoms with Crippen LogP contribution in [-0.2, 0) is 11.3 Å². The second kappa shape index (κ2) is 9.52. The van der Waals surface area contributed by atoms with Gasteiger partial charge in [-0.2, -0.15) is 0 Å². The number of imidazole rings is 1. The van der Waals surface area contributed by atoms with Gasteiger partial charge in [0, 0.05) is 17.8 Å².